The van der Waals surface area contributed by atoms with Crippen LogP contribution in [0.15, 0.2) is 103 Å². The van der Waals surface area contributed by atoms with Gasteiger partial charge in [-0.05, 0) is 35.7 Å². The van der Waals surface area contributed by atoms with Gasteiger partial charge in [0.2, 0.25) is 0 Å². The van der Waals surface area contributed by atoms with Crippen molar-refractivity contribution in [3.63, 3.8) is 0 Å². The minimum atomic E-state index is -0.250. The summed E-state index contributed by atoms with van der Waals surface area (Å²) >= 11 is 4.68. The molecule has 0 bridgehead atoms. The van der Waals surface area contributed by atoms with E-state index in [9.17, 15) is 4.79 Å². The van der Waals surface area contributed by atoms with Crippen LogP contribution in [0.1, 0.15) is 4.88 Å². The summed E-state index contributed by atoms with van der Waals surface area (Å²) in [5, 5.41) is 5.97. The number of thioether (sulfide) groups is 2. The number of hydrogen-bond donors (Lipinski definition) is 1. The quantitative estimate of drug-likeness (QED) is 0.244. The summed E-state index contributed by atoms with van der Waals surface area (Å²) in [4.78, 5) is 15.4. The predicted octanol–water partition coefficient (Wildman–Crippen LogP) is 5.62. The third-order valence-electron chi connectivity index (χ3n) is 3.08. The largest absolute Gasteiger partial charge is 0.268 e. The van der Waals surface area contributed by atoms with Crippen molar-refractivity contribution in [2.75, 3.05) is 0 Å². The summed E-state index contributed by atoms with van der Waals surface area (Å²) in [5.41, 5.74) is 2.56. The van der Waals surface area contributed by atoms with Gasteiger partial charge in [-0.2, -0.15) is 5.10 Å². The first-order valence-electron chi connectivity index (χ1n) is 7.83. The van der Waals surface area contributed by atoms with Gasteiger partial charge in [-0.25, -0.2) is 5.43 Å². The molecule has 1 N–H and O–H groups in total. The molecule has 3 nitrogen and oxygen atoms in total. The highest BCUT2D eigenvalue weighted by atomic mass is 32.2. The summed E-state index contributed by atoms with van der Waals surface area (Å²) in [7, 11) is 0. The topological polar surface area (TPSA) is 41.5 Å². The third-order valence-corrected chi connectivity index (χ3v) is 6.04. The van der Waals surface area contributed by atoms with Gasteiger partial charge in [0.25, 0.3) is 5.91 Å². The first-order valence-corrected chi connectivity index (χ1v) is 10.3. The molecular formula is C20H16N2OS3. The van der Waals surface area contributed by atoms with Crippen LogP contribution in [0.2, 0.25) is 0 Å². The van der Waals surface area contributed by atoms with Gasteiger partial charge >= 0.3 is 0 Å². The summed E-state index contributed by atoms with van der Waals surface area (Å²) in [6, 6.07) is 23.9. The minimum absolute atomic E-state index is 0.250. The maximum absolute atomic E-state index is 12.2. The molecule has 0 saturated heterocycles. The van der Waals surface area contributed by atoms with E-state index in [-0.39, 0.29) is 5.91 Å². The Morgan fingerprint density at radius 3 is 2.04 bits per heavy atom. The Bertz CT molecular complexity index is 832. The average Bonchev–Trinajstić information content (AvgIpc) is 3.17. The van der Waals surface area contributed by atoms with Gasteiger partial charge < -0.3 is 0 Å². The molecule has 1 aromatic heterocycles. The van der Waals surface area contributed by atoms with Crippen LogP contribution in [0.25, 0.3) is 0 Å². The van der Waals surface area contributed by atoms with Gasteiger partial charge in [-0.1, -0.05) is 66.0 Å². The van der Waals surface area contributed by atoms with E-state index in [4.69, 9.17) is 0 Å². The van der Waals surface area contributed by atoms with Crippen molar-refractivity contribution in [1.29, 1.82) is 0 Å². The smallest absolute Gasteiger partial charge is 0.265 e. The molecule has 26 heavy (non-hydrogen) atoms. The molecule has 0 spiro atoms. The molecule has 3 aromatic rings. The second-order valence-electron chi connectivity index (χ2n) is 5.04. The van der Waals surface area contributed by atoms with Crippen LogP contribution in [0.4, 0.5) is 0 Å². The van der Waals surface area contributed by atoms with Gasteiger partial charge in [0.1, 0.15) is 0 Å². The molecule has 130 valence electrons. The second-order valence-corrected chi connectivity index (χ2v) is 8.51. The molecule has 0 aliphatic heterocycles. The summed E-state index contributed by atoms with van der Waals surface area (Å²) in [5.74, 6) is -0.250. The summed E-state index contributed by atoms with van der Waals surface area (Å²) in [6.07, 6.45) is 3.23. The van der Waals surface area contributed by atoms with Gasteiger partial charge in [0.15, 0.2) is 0 Å². The van der Waals surface area contributed by atoms with Crippen molar-refractivity contribution in [3.05, 3.63) is 93.4 Å². The van der Waals surface area contributed by atoms with Gasteiger partial charge in [0.05, 0.1) is 10.5 Å². The Hall–Kier alpha value is -2.28. The highest BCUT2D eigenvalue weighted by molar-refractivity contribution is 8.22. The number of carbonyl (C=O) groups is 1. The number of thiophene rings is 1. The fourth-order valence-electron chi connectivity index (χ4n) is 1.95. The Labute approximate surface area is 165 Å². The summed E-state index contributed by atoms with van der Waals surface area (Å²) < 4.78 is 0.881. The van der Waals surface area contributed by atoms with Crippen LogP contribution in [0.3, 0.4) is 0 Å². The third kappa shape index (κ3) is 6.22. The first-order chi connectivity index (χ1) is 12.8. The Balaban J connectivity index is 1.70. The molecule has 0 radical (unpaired) electrons. The number of hydrogen-bond acceptors (Lipinski definition) is 5. The second kappa shape index (κ2) is 10.0. The number of nitrogens with zero attached hydrogens (tertiary/aromatic N) is 1. The van der Waals surface area contributed by atoms with E-state index in [0.29, 0.717) is 0 Å². The summed E-state index contributed by atoms with van der Waals surface area (Å²) in [6.45, 7) is 0. The fourth-order valence-corrected chi connectivity index (χ4v) is 4.66. The fraction of sp³-hybridized carbons (Fsp3) is 0. The van der Waals surface area contributed by atoms with Crippen molar-refractivity contribution in [3.8, 4) is 0 Å². The zero-order valence-corrected chi connectivity index (χ0v) is 16.2. The molecule has 2 aromatic carbocycles. The number of rotatable bonds is 7. The Kier molecular flexibility index (Phi) is 7.13. The van der Waals surface area contributed by atoms with Crippen molar-refractivity contribution in [2.24, 2.45) is 5.10 Å². The van der Waals surface area contributed by atoms with Gasteiger partial charge in [-0.15, -0.1) is 11.3 Å². The van der Waals surface area contributed by atoms with Crippen LogP contribution in [0, 0.1) is 0 Å². The Morgan fingerprint density at radius 2 is 1.50 bits per heavy atom. The lowest BCUT2D eigenvalue weighted by Gasteiger charge is -2.07. The Morgan fingerprint density at radius 1 is 0.885 bits per heavy atom. The maximum Gasteiger partial charge on any atom is 0.265 e. The van der Waals surface area contributed by atoms with Crippen molar-refractivity contribution in [1.82, 2.24) is 5.43 Å². The van der Waals surface area contributed by atoms with Crippen molar-refractivity contribution >= 4 is 47.0 Å². The lowest BCUT2D eigenvalue weighted by molar-refractivity contribution is -0.116. The van der Waals surface area contributed by atoms with Crippen LogP contribution in [0.5, 0.6) is 0 Å². The zero-order chi connectivity index (χ0) is 18.0. The van der Waals surface area contributed by atoms with E-state index >= 15 is 0 Å². The number of hydrazone groups is 1. The maximum atomic E-state index is 12.2. The monoisotopic (exact) mass is 396 g/mol. The van der Waals surface area contributed by atoms with E-state index in [1.165, 1.54) is 0 Å². The van der Waals surface area contributed by atoms with E-state index in [1.807, 2.05) is 78.2 Å². The molecule has 0 atom stereocenters. The molecule has 0 aliphatic rings. The van der Waals surface area contributed by atoms with Crippen LogP contribution in [-0.2, 0) is 4.79 Å². The lowest BCUT2D eigenvalue weighted by Crippen LogP contribution is -2.14. The lowest BCUT2D eigenvalue weighted by atomic mass is 10.4. The van der Waals surface area contributed by atoms with E-state index < -0.39 is 0 Å². The molecule has 0 saturated carbocycles. The number of nitrogens with one attached hydrogen (secondary N) is 1. The van der Waals surface area contributed by atoms with Crippen LogP contribution in [-0.4, -0.2) is 12.1 Å². The van der Waals surface area contributed by atoms with Gasteiger partial charge in [0, 0.05) is 20.7 Å². The van der Waals surface area contributed by atoms with Crippen molar-refractivity contribution in [2.45, 2.75) is 9.79 Å². The molecule has 6 heteroatoms. The number of benzene rings is 2. The zero-order valence-electron chi connectivity index (χ0n) is 13.7. The highest BCUT2D eigenvalue weighted by Crippen LogP contribution is 2.38. The predicted molar refractivity (Wildman–Crippen MR) is 113 cm³/mol. The molecule has 0 unspecified atom stereocenters. The molecular weight excluding hydrogens is 380 g/mol. The standard InChI is InChI=1S/C20H16N2OS3/c23-19(22-21-15-18-12-7-13-24-18)14-20(25-16-8-3-1-4-9-16)26-17-10-5-2-6-11-17/h1-15H,(H,22,23)/b21-15+. The van der Waals surface area contributed by atoms with E-state index in [0.717, 1.165) is 18.9 Å². The molecule has 0 aliphatic carbocycles. The normalized spacial score (nSPS) is 10.6. The van der Waals surface area contributed by atoms with Crippen LogP contribution < -0.4 is 5.43 Å². The van der Waals surface area contributed by atoms with Gasteiger partial charge in [-0.3, -0.25) is 4.79 Å². The molecule has 0 fully saturated rings. The van der Waals surface area contributed by atoms with Crippen molar-refractivity contribution < 1.29 is 4.79 Å². The minimum Gasteiger partial charge on any atom is -0.268 e. The average molecular weight is 397 g/mol. The number of amides is 1. The number of carbonyl (C=O) groups excluding carboxylic acids is 1. The molecule has 1 amide bonds. The first kappa shape index (κ1) is 18.5. The SMILES string of the molecule is O=C(C=C(Sc1ccccc1)Sc1ccccc1)N/N=C/c1cccs1. The molecule has 3 rings (SSSR count). The van der Waals surface area contributed by atoms with E-state index in [1.54, 1.807) is 47.2 Å². The highest BCUT2D eigenvalue weighted by Gasteiger charge is 2.07. The molecule has 1 heterocycles. The van der Waals surface area contributed by atoms with Crippen LogP contribution >= 0.6 is 34.9 Å². The van der Waals surface area contributed by atoms with E-state index in [2.05, 4.69) is 10.5 Å².